The molecule has 27 heavy (non-hydrogen) atoms. The largest absolute Gasteiger partial charge is 0.497 e. The molecule has 1 heterocycles. The van der Waals surface area contributed by atoms with Crippen molar-refractivity contribution in [1.29, 1.82) is 5.26 Å². The second-order valence-electron chi connectivity index (χ2n) is 5.72. The molecule has 0 aliphatic rings. The molecule has 0 spiro atoms. The summed E-state index contributed by atoms with van der Waals surface area (Å²) in [5.41, 5.74) is 9.26. The first-order chi connectivity index (χ1) is 13.1. The molecule has 0 amide bonds. The van der Waals surface area contributed by atoms with Crippen molar-refractivity contribution >= 4 is 5.82 Å². The summed E-state index contributed by atoms with van der Waals surface area (Å²) in [7, 11) is 4.78. The van der Waals surface area contributed by atoms with Gasteiger partial charge in [0.25, 0.3) is 0 Å². The summed E-state index contributed by atoms with van der Waals surface area (Å²) >= 11 is 0. The fraction of sp³-hybridized carbons (Fsp3) is 0.143. The van der Waals surface area contributed by atoms with E-state index in [4.69, 9.17) is 19.9 Å². The van der Waals surface area contributed by atoms with Crippen LogP contribution in [-0.4, -0.2) is 26.3 Å². The minimum Gasteiger partial charge on any atom is -0.497 e. The molecule has 0 bridgehead atoms. The van der Waals surface area contributed by atoms with Gasteiger partial charge in [0.1, 0.15) is 34.7 Å². The van der Waals surface area contributed by atoms with Gasteiger partial charge in [-0.05, 0) is 42.0 Å². The van der Waals surface area contributed by atoms with Crippen LogP contribution in [0.25, 0.3) is 22.4 Å². The van der Waals surface area contributed by atoms with Crippen molar-refractivity contribution in [2.45, 2.75) is 0 Å². The molecular weight excluding hydrogens is 342 g/mol. The van der Waals surface area contributed by atoms with Crippen LogP contribution in [0.3, 0.4) is 0 Å². The number of anilines is 1. The van der Waals surface area contributed by atoms with Crippen LogP contribution in [0.4, 0.5) is 5.82 Å². The summed E-state index contributed by atoms with van der Waals surface area (Å²) in [5, 5.41) is 9.57. The number of rotatable bonds is 5. The molecule has 6 nitrogen and oxygen atoms in total. The number of ether oxygens (including phenoxy) is 3. The minimum atomic E-state index is 0.158. The quantitative estimate of drug-likeness (QED) is 0.741. The molecule has 3 rings (SSSR count). The van der Waals surface area contributed by atoms with Crippen molar-refractivity contribution in [3.05, 3.63) is 54.1 Å². The summed E-state index contributed by atoms with van der Waals surface area (Å²) in [6.07, 6.45) is 0. The van der Waals surface area contributed by atoms with Crippen LogP contribution in [0.15, 0.2) is 48.5 Å². The molecule has 0 unspecified atom stereocenters. The van der Waals surface area contributed by atoms with Crippen LogP contribution in [0, 0.1) is 11.3 Å². The van der Waals surface area contributed by atoms with E-state index in [1.165, 1.54) is 0 Å². The number of pyridine rings is 1. The third kappa shape index (κ3) is 3.48. The van der Waals surface area contributed by atoms with Gasteiger partial charge in [0, 0.05) is 11.1 Å². The molecule has 6 heteroatoms. The van der Waals surface area contributed by atoms with E-state index in [-0.39, 0.29) is 5.82 Å². The Morgan fingerprint density at radius 2 is 1.52 bits per heavy atom. The maximum absolute atomic E-state index is 9.57. The maximum Gasteiger partial charge on any atom is 0.142 e. The lowest BCUT2D eigenvalue weighted by Gasteiger charge is -2.14. The predicted molar refractivity (Wildman–Crippen MR) is 104 cm³/mol. The van der Waals surface area contributed by atoms with Gasteiger partial charge in [-0.2, -0.15) is 5.26 Å². The maximum atomic E-state index is 9.57. The van der Waals surface area contributed by atoms with E-state index in [1.807, 2.05) is 36.4 Å². The minimum absolute atomic E-state index is 0.158. The molecule has 2 aromatic carbocycles. The van der Waals surface area contributed by atoms with E-state index >= 15 is 0 Å². The van der Waals surface area contributed by atoms with Gasteiger partial charge in [-0.15, -0.1) is 0 Å². The smallest absolute Gasteiger partial charge is 0.142 e. The van der Waals surface area contributed by atoms with E-state index < -0.39 is 0 Å². The molecular formula is C21H19N3O3. The zero-order valence-electron chi connectivity index (χ0n) is 15.3. The van der Waals surface area contributed by atoms with Crippen LogP contribution < -0.4 is 19.9 Å². The number of aromatic nitrogens is 1. The lowest BCUT2D eigenvalue weighted by atomic mass is 9.98. The third-order valence-electron chi connectivity index (χ3n) is 4.24. The van der Waals surface area contributed by atoms with Gasteiger partial charge in [0.05, 0.1) is 27.0 Å². The fourth-order valence-electron chi connectivity index (χ4n) is 2.83. The number of nitriles is 1. The Kier molecular flexibility index (Phi) is 5.13. The number of hydrogen-bond acceptors (Lipinski definition) is 6. The van der Waals surface area contributed by atoms with Gasteiger partial charge in [-0.25, -0.2) is 4.98 Å². The highest BCUT2D eigenvalue weighted by molar-refractivity contribution is 5.82. The van der Waals surface area contributed by atoms with Crippen LogP contribution in [0.1, 0.15) is 5.56 Å². The number of nitrogen functional groups attached to an aromatic ring is 1. The second kappa shape index (κ2) is 7.67. The van der Waals surface area contributed by atoms with Crippen LogP contribution in [-0.2, 0) is 0 Å². The molecule has 1 aromatic heterocycles. The number of nitrogens with zero attached hydrogens (tertiary/aromatic N) is 2. The number of nitrogens with two attached hydrogens (primary N) is 1. The van der Waals surface area contributed by atoms with E-state index in [0.29, 0.717) is 28.3 Å². The standard InChI is InChI=1S/C21H19N3O3/c1-25-14-6-4-13(5-7-14)16-11-19(24-21(23)18(16)12-22)17-10-15(26-2)8-9-20(17)27-3/h4-11H,1-3H3,(H2,23,24). The van der Waals surface area contributed by atoms with Crippen LogP contribution in [0.5, 0.6) is 17.2 Å². The Bertz CT molecular complexity index is 1010. The third-order valence-corrected chi connectivity index (χ3v) is 4.24. The molecule has 0 atom stereocenters. The number of methoxy groups -OCH3 is 3. The molecule has 0 aliphatic carbocycles. The second-order valence-corrected chi connectivity index (χ2v) is 5.72. The van der Waals surface area contributed by atoms with E-state index in [2.05, 4.69) is 11.1 Å². The monoisotopic (exact) mass is 361 g/mol. The molecule has 0 fully saturated rings. The SMILES string of the molecule is COc1ccc(-c2cc(-c3cc(OC)ccc3OC)nc(N)c2C#N)cc1. The Balaban J connectivity index is 2.22. The highest BCUT2D eigenvalue weighted by atomic mass is 16.5. The molecule has 3 aromatic rings. The van der Waals surface area contributed by atoms with Crippen LogP contribution in [0.2, 0.25) is 0 Å². The average molecular weight is 361 g/mol. The van der Waals surface area contributed by atoms with Crippen LogP contribution >= 0.6 is 0 Å². The molecule has 136 valence electrons. The molecule has 0 saturated heterocycles. The van der Waals surface area contributed by atoms with Crippen molar-refractivity contribution < 1.29 is 14.2 Å². The van der Waals surface area contributed by atoms with Gasteiger partial charge in [0.15, 0.2) is 0 Å². The highest BCUT2D eigenvalue weighted by Crippen LogP contribution is 2.37. The molecule has 0 saturated carbocycles. The topological polar surface area (TPSA) is 90.4 Å². The van der Waals surface area contributed by atoms with Crippen molar-refractivity contribution in [1.82, 2.24) is 4.98 Å². The number of benzene rings is 2. The predicted octanol–water partition coefficient (Wildman–Crippen LogP) is 3.90. The Morgan fingerprint density at radius 3 is 2.11 bits per heavy atom. The lowest BCUT2D eigenvalue weighted by molar-refractivity contribution is 0.404. The molecule has 0 aliphatic heterocycles. The Hall–Kier alpha value is -3.72. The normalized spacial score (nSPS) is 10.1. The summed E-state index contributed by atoms with van der Waals surface area (Å²) in [5.74, 6) is 2.19. The van der Waals surface area contributed by atoms with E-state index in [1.54, 1.807) is 33.5 Å². The summed E-state index contributed by atoms with van der Waals surface area (Å²) in [4.78, 5) is 4.41. The first kappa shape index (κ1) is 18.1. The van der Waals surface area contributed by atoms with Crippen molar-refractivity contribution in [2.75, 3.05) is 27.1 Å². The van der Waals surface area contributed by atoms with E-state index in [9.17, 15) is 5.26 Å². The van der Waals surface area contributed by atoms with Crippen molar-refractivity contribution in [2.24, 2.45) is 0 Å². The van der Waals surface area contributed by atoms with Gasteiger partial charge < -0.3 is 19.9 Å². The molecule has 2 N–H and O–H groups in total. The van der Waals surface area contributed by atoms with Gasteiger partial charge in [-0.1, -0.05) is 12.1 Å². The first-order valence-corrected chi connectivity index (χ1v) is 8.18. The van der Waals surface area contributed by atoms with Gasteiger partial charge in [0.2, 0.25) is 0 Å². The zero-order valence-corrected chi connectivity index (χ0v) is 15.3. The number of hydrogen-bond donors (Lipinski definition) is 1. The Labute approximate surface area is 157 Å². The zero-order chi connectivity index (χ0) is 19.4. The van der Waals surface area contributed by atoms with Gasteiger partial charge >= 0.3 is 0 Å². The fourth-order valence-corrected chi connectivity index (χ4v) is 2.83. The Morgan fingerprint density at radius 1 is 0.852 bits per heavy atom. The van der Waals surface area contributed by atoms with Crippen molar-refractivity contribution in [3.63, 3.8) is 0 Å². The van der Waals surface area contributed by atoms with E-state index in [0.717, 1.165) is 16.9 Å². The summed E-state index contributed by atoms with van der Waals surface area (Å²) in [6.45, 7) is 0. The summed E-state index contributed by atoms with van der Waals surface area (Å²) < 4.78 is 16.0. The highest BCUT2D eigenvalue weighted by Gasteiger charge is 2.16. The first-order valence-electron chi connectivity index (χ1n) is 8.18. The van der Waals surface area contributed by atoms with Crippen molar-refractivity contribution in [3.8, 4) is 45.7 Å². The lowest BCUT2D eigenvalue weighted by Crippen LogP contribution is -2.01. The molecule has 0 radical (unpaired) electrons. The van der Waals surface area contributed by atoms with Gasteiger partial charge in [-0.3, -0.25) is 0 Å². The summed E-state index contributed by atoms with van der Waals surface area (Å²) in [6, 6.07) is 16.8. The average Bonchev–Trinajstić information content (AvgIpc) is 2.72.